The van der Waals surface area contributed by atoms with E-state index in [2.05, 4.69) is 65.1 Å². The maximum atomic E-state index is 6.54. The van der Waals surface area contributed by atoms with Gasteiger partial charge in [0, 0.05) is 22.9 Å². The van der Waals surface area contributed by atoms with Crippen LogP contribution in [0.5, 0.6) is 0 Å². The first kappa shape index (κ1) is 16.4. The number of halogens is 2. The fourth-order valence-corrected chi connectivity index (χ4v) is 3.20. The Kier molecular flexibility index (Phi) is 5.00. The van der Waals surface area contributed by atoms with E-state index in [0.717, 1.165) is 44.7 Å². The van der Waals surface area contributed by atoms with Crippen molar-refractivity contribution >= 4 is 38.4 Å². The van der Waals surface area contributed by atoms with Crippen LogP contribution < -0.4 is 0 Å². The topological polar surface area (TPSA) is 16.1 Å². The third kappa shape index (κ3) is 3.74. The Labute approximate surface area is 150 Å². The average Bonchev–Trinajstić information content (AvgIpc) is 2.54. The average molecular weight is 390 g/mol. The van der Waals surface area contributed by atoms with Gasteiger partial charge in [0.2, 0.25) is 0 Å². The highest BCUT2D eigenvalue weighted by Gasteiger charge is 2.12. The number of nitrogens with zero attached hydrogens (tertiary/aromatic N) is 2. The zero-order valence-corrected chi connectivity index (χ0v) is 15.5. The molecule has 1 heterocycles. The molecule has 23 heavy (non-hydrogen) atoms. The van der Waals surface area contributed by atoms with Crippen LogP contribution in [0.25, 0.3) is 10.9 Å². The van der Waals surface area contributed by atoms with Gasteiger partial charge in [-0.3, -0.25) is 4.90 Å². The monoisotopic (exact) mass is 388 g/mol. The minimum atomic E-state index is 0.723. The third-order valence-electron chi connectivity index (χ3n) is 3.93. The number of hydrogen-bond acceptors (Lipinski definition) is 2. The van der Waals surface area contributed by atoms with Crippen LogP contribution in [0.1, 0.15) is 16.8 Å². The van der Waals surface area contributed by atoms with E-state index in [-0.39, 0.29) is 0 Å². The van der Waals surface area contributed by atoms with Gasteiger partial charge in [0.15, 0.2) is 0 Å². The van der Waals surface area contributed by atoms with Crippen LogP contribution in [0.2, 0.25) is 5.02 Å². The summed E-state index contributed by atoms with van der Waals surface area (Å²) in [5, 5.41) is 1.89. The van der Waals surface area contributed by atoms with Crippen molar-refractivity contribution in [3.63, 3.8) is 0 Å². The van der Waals surface area contributed by atoms with Crippen LogP contribution in [-0.2, 0) is 13.1 Å². The van der Waals surface area contributed by atoms with Crippen LogP contribution >= 0.6 is 27.5 Å². The summed E-state index contributed by atoms with van der Waals surface area (Å²) in [5.74, 6) is 0. The minimum absolute atomic E-state index is 0.723. The summed E-state index contributed by atoms with van der Waals surface area (Å²) in [5.41, 5.74) is 4.30. The van der Waals surface area contributed by atoms with E-state index in [1.807, 2.05) is 18.2 Å². The molecule has 2 aromatic carbocycles. The van der Waals surface area contributed by atoms with Gasteiger partial charge in [-0.05, 0) is 43.3 Å². The molecule has 0 radical (unpaired) electrons. The first-order valence-corrected chi connectivity index (χ1v) is 8.68. The first-order chi connectivity index (χ1) is 11.0. The molecule has 118 valence electrons. The maximum absolute atomic E-state index is 6.54. The van der Waals surface area contributed by atoms with Crippen LogP contribution in [0, 0.1) is 6.92 Å². The Bertz CT molecular complexity index is 831. The quantitative estimate of drug-likeness (QED) is 0.578. The van der Waals surface area contributed by atoms with E-state index >= 15 is 0 Å². The van der Waals surface area contributed by atoms with Gasteiger partial charge in [-0.15, -0.1) is 0 Å². The van der Waals surface area contributed by atoms with E-state index in [4.69, 9.17) is 16.6 Å². The Morgan fingerprint density at radius 3 is 2.48 bits per heavy atom. The molecular weight excluding hydrogens is 372 g/mol. The summed E-state index contributed by atoms with van der Waals surface area (Å²) in [6, 6.07) is 16.5. The molecule has 0 N–H and O–H groups in total. The highest BCUT2D eigenvalue weighted by atomic mass is 79.9. The van der Waals surface area contributed by atoms with E-state index < -0.39 is 0 Å². The van der Waals surface area contributed by atoms with Crippen molar-refractivity contribution in [2.24, 2.45) is 0 Å². The zero-order valence-electron chi connectivity index (χ0n) is 13.2. The van der Waals surface area contributed by atoms with Crippen molar-refractivity contribution < 1.29 is 0 Å². The lowest BCUT2D eigenvalue weighted by Gasteiger charge is -2.18. The highest BCUT2D eigenvalue weighted by Crippen LogP contribution is 2.27. The molecule has 2 nitrogen and oxygen atoms in total. The summed E-state index contributed by atoms with van der Waals surface area (Å²) in [4.78, 5) is 6.98. The Balaban J connectivity index is 1.83. The number of fused-ring (bicyclic) bond motifs is 1. The zero-order chi connectivity index (χ0) is 16.4. The van der Waals surface area contributed by atoms with Gasteiger partial charge < -0.3 is 0 Å². The Morgan fingerprint density at radius 1 is 1.04 bits per heavy atom. The summed E-state index contributed by atoms with van der Waals surface area (Å²) >= 11 is 10.0. The van der Waals surface area contributed by atoms with Crippen LogP contribution in [0.3, 0.4) is 0 Å². The molecule has 0 amide bonds. The lowest BCUT2D eigenvalue weighted by molar-refractivity contribution is 0.315. The van der Waals surface area contributed by atoms with E-state index in [9.17, 15) is 0 Å². The van der Waals surface area contributed by atoms with Crippen molar-refractivity contribution in [2.45, 2.75) is 20.0 Å². The number of benzene rings is 2. The Hall–Kier alpha value is -1.42. The maximum Gasteiger partial charge on any atom is 0.0740 e. The molecule has 0 fully saturated rings. The van der Waals surface area contributed by atoms with Crippen molar-refractivity contribution in [1.82, 2.24) is 9.88 Å². The van der Waals surface area contributed by atoms with E-state index in [1.165, 1.54) is 5.56 Å². The van der Waals surface area contributed by atoms with Crippen molar-refractivity contribution in [1.29, 1.82) is 0 Å². The number of rotatable bonds is 4. The van der Waals surface area contributed by atoms with Crippen LogP contribution in [0.4, 0.5) is 0 Å². The summed E-state index contributed by atoms with van der Waals surface area (Å²) in [7, 11) is 2.09. The Morgan fingerprint density at radius 2 is 1.74 bits per heavy atom. The second-order valence-corrected chi connectivity index (χ2v) is 7.11. The first-order valence-electron chi connectivity index (χ1n) is 7.51. The molecule has 3 aromatic rings. The molecule has 4 heteroatoms. The third-order valence-corrected chi connectivity index (χ3v) is 4.96. The number of aromatic nitrogens is 1. The molecule has 3 rings (SSSR count). The second kappa shape index (κ2) is 7.00. The fraction of sp³-hybridized carbons (Fsp3) is 0.211. The van der Waals surface area contributed by atoms with Gasteiger partial charge in [-0.1, -0.05) is 57.9 Å². The van der Waals surface area contributed by atoms with Crippen molar-refractivity contribution in [3.8, 4) is 0 Å². The summed E-state index contributed by atoms with van der Waals surface area (Å²) < 4.78 is 1.10. The van der Waals surface area contributed by atoms with Crippen molar-refractivity contribution in [2.75, 3.05) is 7.05 Å². The molecule has 1 aromatic heterocycles. The number of aryl methyl sites for hydroxylation is 1. The van der Waals surface area contributed by atoms with Crippen LogP contribution in [-0.4, -0.2) is 16.9 Å². The largest absolute Gasteiger partial charge is 0.296 e. The lowest BCUT2D eigenvalue weighted by atomic mass is 10.1. The van der Waals surface area contributed by atoms with Gasteiger partial charge in [-0.25, -0.2) is 4.98 Å². The molecule has 0 aliphatic rings. The van der Waals surface area contributed by atoms with E-state index in [1.54, 1.807) is 0 Å². The molecule has 0 atom stereocenters. The fourth-order valence-electron chi connectivity index (χ4n) is 2.74. The van der Waals surface area contributed by atoms with Gasteiger partial charge in [0.25, 0.3) is 0 Å². The SMILES string of the molecule is Cc1c(Cl)c(CN(C)Cc2ccc(Br)cc2)nc2ccccc12. The predicted octanol–water partition coefficient (Wildman–Crippen LogP) is 5.59. The summed E-state index contributed by atoms with van der Waals surface area (Å²) in [6.07, 6.45) is 0. The number of pyridine rings is 1. The van der Waals surface area contributed by atoms with Crippen molar-refractivity contribution in [3.05, 3.63) is 74.8 Å². The van der Waals surface area contributed by atoms with Crippen LogP contribution in [0.15, 0.2) is 53.0 Å². The second-order valence-electron chi connectivity index (χ2n) is 5.81. The molecule has 0 bridgehead atoms. The molecule has 0 saturated heterocycles. The molecule has 0 aliphatic carbocycles. The van der Waals surface area contributed by atoms with Gasteiger partial charge >= 0.3 is 0 Å². The van der Waals surface area contributed by atoms with Gasteiger partial charge in [-0.2, -0.15) is 0 Å². The molecule has 0 spiro atoms. The lowest BCUT2D eigenvalue weighted by Crippen LogP contribution is -2.18. The highest BCUT2D eigenvalue weighted by molar-refractivity contribution is 9.10. The normalized spacial score (nSPS) is 11.3. The molecular formula is C19H18BrClN2. The standard InChI is InChI=1S/C19H18BrClN2/c1-13-16-5-3-4-6-17(16)22-18(19(13)21)12-23(2)11-14-7-9-15(20)10-8-14/h3-10H,11-12H2,1-2H3. The smallest absolute Gasteiger partial charge is 0.0740 e. The molecule has 0 aliphatic heterocycles. The predicted molar refractivity (Wildman–Crippen MR) is 101 cm³/mol. The van der Waals surface area contributed by atoms with Gasteiger partial charge in [0.05, 0.1) is 16.2 Å². The molecule has 0 saturated carbocycles. The molecule has 0 unspecified atom stereocenters. The number of hydrogen-bond donors (Lipinski definition) is 0. The van der Waals surface area contributed by atoms with E-state index in [0.29, 0.717) is 0 Å². The number of para-hydroxylation sites is 1. The van der Waals surface area contributed by atoms with Gasteiger partial charge in [0.1, 0.15) is 0 Å². The minimum Gasteiger partial charge on any atom is -0.296 e. The summed E-state index contributed by atoms with van der Waals surface area (Å²) in [6.45, 7) is 3.64.